The van der Waals surface area contributed by atoms with Crippen molar-refractivity contribution in [2.45, 2.75) is 18.9 Å². The van der Waals surface area contributed by atoms with Gasteiger partial charge in [0.2, 0.25) is 0 Å². The number of carbonyl (C=O) groups is 1. The molecule has 1 aromatic carbocycles. The summed E-state index contributed by atoms with van der Waals surface area (Å²) in [4.78, 5) is 12.3. The first-order valence-corrected chi connectivity index (χ1v) is 7.95. The molecule has 0 radical (unpaired) electrons. The molecule has 22 heavy (non-hydrogen) atoms. The van der Waals surface area contributed by atoms with Gasteiger partial charge >= 0.3 is 0 Å². The number of hydrogen-bond acceptors (Lipinski definition) is 3. The lowest BCUT2D eigenvalue weighted by Gasteiger charge is -2.23. The zero-order chi connectivity index (χ0) is 15.5. The van der Waals surface area contributed by atoms with Gasteiger partial charge in [0, 0.05) is 18.8 Å². The number of aromatic nitrogens is 2. The lowest BCUT2D eigenvalue weighted by Crippen LogP contribution is -2.45. The Bertz CT molecular complexity index is 665. The number of carbonyl (C=O) groups excluding carboxylic acids is 1. The average molecular weight is 367 g/mol. The molecule has 0 spiro atoms. The van der Waals surface area contributed by atoms with Crippen LogP contribution in [0, 0.1) is 5.82 Å². The van der Waals surface area contributed by atoms with Crippen molar-refractivity contribution in [1.82, 2.24) is 20.4 Å². The molecule has 1 unspecified atom stereocenters. The van der Waals surface area contributed by atoms with Crippen LogP contribution in [0.3, 0.4) is 0 Å². The Balaban J connectivity index is 1.76. The molecule has 5 nitrogen and oxygen atoms in total. The minimum Gasteiger partial charge on any atom is -0.347 e. The van der Waals surface area contributed by atoms with Gasteiger partial charge in [0.1, 0.15) is 5.82 Å². The molecule has 1 saturated heterocycles. The normalized spacial score (nSPS) is 18.2. The van der Waals surface area contributed by atoms with Crippen LogP contribution >= 0.6 is 15.9 Å². The van der Waals surface area contributed by atoms with Gasteiger partial charge in [0.25, 0.3) is 5.91 Å². The third kappa shape index (κ3) is 3.36. The number of nitrogens with zero attached hydrogens (tertiary/aromatic N) is 2. The highest BCUT2D eigenvalue weighted by molar-refractivity contribution is 9.10. The molecule has 0 bridgehead atoms. The van der Waals surface area contributed by atoms with Crippen LogP contribution in [0.25, 0.3) is 5.69 Å². The molecular formula is C15H16BrFN4O. The van der Waals surface area contributed by atoms with E-state index in [0.717, 1.165) is 25.9 Å². The van der Waals surface area contributed by atoms with E-state index >= 15 is 0 Å². The fourth-order valence-electron chi connectivity index (χ4n) is 2.46. The fourth-order valence-corrected chi connectivity index (χ4v) is 2.91. The molecule has 3 rings (SSSR count). The van der Waals surface area contributed by atoms with E-state index in [1.165, 1.54) is 12.1 Å². The standard InChI is InChI=1S/C15H16BrFN4O/c16-13-9-21(12-5-3-10(17)4-6-12)20-14(13)15(22)19-11-2-1-7-18-8-11/h3-6,9,11,18H,1-2,7-8H2,(H,19,22). The van der Waals surface area contributed by atoms with Gasteiger partial charge in [-0.15, -0.1) is 0 Å². The van der Waals surface area contributed by atoms with Crippen molar-refractivity contribution < 1.29 is 9.18 Å². The van der Waals surface area contributed by atoms with E-state index in [9.17, 15) is 9.18 Å². The molecule has 1 aliphatic rings. The Hall–Kier alpha value is -1.73. The largest absolute Gasteiger partial charge is 0.347 e. The predicted octanol–water partition coefficient (Wildman–Crippen LogP) is 2.26. The summed E-state index contributed by atoms with van der Waals surface area (Å²) in [6.07, 6.45) is 3.71. The molecule has 0 aliphatic carbocycles. The van der Waals surface area contributed by atoms with E-state index in [4.69, 9.17) is 0 Å². The lowest BCUT2D eigenvalue weighted by atomic mass is 10.1. The number of piperidine rings is 1. The minimum atomic E-state index is -0.308. The SMILES string of the molecule is O=C(NC1CCCNC1)c1nn(-c2ccc(F)cc2)cc1Br. The monoisotopic (exact) mass is 366 g/mol. The Morgan fingerprint density at radius 1 is 1.41 bits per heavy atom. The van der Waals surface area contributed by atoms with E-state index in [2.05, 4.69) is 31.7 Å². The van der Waals surface area contributed by atoms with Crippen molar-refractivity contribution in [3.8, 4) is 5.69 Å². The summed E-state index contributed by atoms with van der Waals surface area (Å²) < 4.78 is 15.1. The molecule has 7 heteroatoms. The lowest BCUT2D eigenvalue weighted by molar-refractivity contribution is 0.0924. The molecule has 1 atom stereocenters. The van der Waals surface area contributed by atoms with Gasteiger partial charge in [-0.3, -0.25) is 4.79 Å². The smallest absolute Gasteiger partial charge is 0.273 e. The topological polar surface area (TPSA) is 59.0 Å². The van der Waals surface area contributed by atoms with Gasteiger partial charge in [-0.1, -0.05) is 0 Å². The molecule has 2 N–H and O–H groups in total. The maximum absolute atomic E-state index is 13.0. The summed E-state index contributed by atoms with van der Waals surface area (Å²) in [5, 5.41) is 10.5. The fraction of sp³-hybridized carbons (Fsp3) is 0.333. The van der Waals surface area contributed by atoms with Gasteiger partial charge < -0.3 is 10.6 Å². The van der Waals surface area contributed by atoms with Crippen LogP contribution in [0.15, 0.2) is 34.9 Å². The van der Waals surface area contributed by atoms with Crippen molar-refractivity contribution in [2.24, 2.45) is 0 Å². The number of hydrogen-bond donors (Lipinski definition) is 2. The van der Waals surface area contributed by atoms with Crippen LogP contribution in [-0.4, -0.2) is 34.8 Å². The van der Waals surface area contributed by atoms with Crippen molar-refractivity contribution in [3.05, 3.63) is 46.4 Å². The second-order valence-electron chi connectivity index (χ2n) is 5.26. The molecular weight excluding hydrogens is 351 g/mol. The van der Waals surface area contributed by atoms with Crippen LogP contribution in [0.1, 0.15) is 23.3 Å². The number of halogens is 2. The average Bonchev–Trinajstić information content (AvgIpc) is 2.91. The van der Waals surface area contributed by atoms with Gasteiger partial charge in [-0.25, -0.2) is 9.07 Å². The Morgan fingerprint density at radius 3 is 2.86 bits per heavy atom. The van der Waals surface area contributed by atoms with Crippen LogP contribution in [-0.2, 0) is 0 Å². The van der Waals surface area contributed by atoms with E-state index < -0.39 is 0 Å². The zero-order valence-corrected chi connectivity index (χ0v) is 13.4. The summed E-state index contributed by atoms with van der Waals surface area (Å²) in [5.41, 5.74) is 1.02. The number of nitrogens with one attached hydrogen (secondary N) is 2. The van der Waals surface area contributed by atoms with E-state index in [0.29, 0.717) is 15.9 Å². The van der Waals surface area contributed by atoms with Gasteiger partial charge in [0.05, 0.1) is 10.2 Å². The highest BCUT2D eigenvalue weighted by Gasteiger charge is 2.20. The van der Waals surface area contributed by atoms with E-state index in [-0.39, 0.29) is 17.8 Å². The second-order valence-corrected chi connectivity index (χ2v) is 6.12. The maximum atomic E-state index is 13.0. The maximum Gasteiger partial charge on any atom is 0.273 e. The van der Waals surface area contributed by atoms with Crippen LogP contribution in [0.5, 0.6) is 0 Å². The van der Waals surface area contributed by atoms with Crippen LogP contribution in [0.4, 0.5) is 4.39 Å². The van der Waals surface area contributed by atoms with Gasteiger partial charge in [0.15, 0.2) is 5.69 Å². The molecule has 1 aliphatic heterocycles. The predicted molar refractivity (Wildman–Crippen MR) is 84.6 cm³/mol. The first kappa shape index (κ1) is 15.2. The summed E-state index contributed by atoms with van der Waals surface area (Å²) in [6, 6.07) is 6.07. The number of benzene rings is 1. The van der Waals surface area contributed by atoms with Gasteiger partial charge in [-0.05, 0) is 59.6 Å². The molecule has 1 fully saturated rings. The molecule has 2 aromatic rings. The van der Waals surface area contributed by atoms with Crippen molar-refractivity contribution in [1.29, 1.82) is 0 Å². The molecule has 0 saturated carbocycles. The van der Waals surface area contributed by atoms with E-state index in [1.54, 1.807) is 23.0 Å². The third-order valence-electron chi connectivity index (χ3n) is 3.61. The zero-order valence-electron chi connectivity index (χ0n) is 11.9. The van der Waals surface area contributed by atoms with Crippen LogP contribution < -0.4 is 10.6 Å². The first-order chi connectivity index (χ1) is 10.6. The quantitative estimate of drug-likeness (QED) is 0.875. The second kappa shape index (κ2) is 6.58. The van der Waals surface area contributed by atoms with Gasteiger partial charge in [-0.2, -0.15) is 5.10 Å². The van der Waals surface area contributed by atoms with Crippen molar-refractivity contribution in [2.75, 3.05) is 13.1 Å². The molecule has 1 amide bonds. The number of amides is 1. The first-order valence-electron chi connectivity index (χ1n) is 7.16. The minimum absolute atomic E-state index is 0.129. The highest BCUT2D eigenvalue weighted by Crippen LogP contribution is 2.18. The molecule has 116 valence electrons. The van der Waals surface area contributed by atoms with Crippen molar-refractivity contribution in [3.63, 3.8) is 0 Å². The highest BCUT2D eigenvalue weighted by atomic mass is 79.9. The molecule has 1 aromatic heterocycles. The van der Waals surface area contributed by atoms with E-state index in [1.807, 2.05) is 0 Å². The Labute approximate surface area is 136 Å². The molecule has 2 heterocycles. The number of rotatable bonds is 3. The Morgan fingerprint density at radius 2 is 2.18 bits per heavy atom. The van der Waals surface area contributed by atoms with Crippen LogP contribution in [0.2, 0.25) is 0 Å². The summed E-state index contributed by atoms with van der Waals surface area (Å²) in [5.74, 6) is -0.515. The summed E-state index contributed by atoms with van der Waals surface area (Å²) in [6.45, 7) is 1.78. The summed E-state index contributed by atoms with van der Waals surface area (Å²) in [7, 11) is 0. The third-order valence-corrected chi connectivity index (χ3v) is 4.19. The summed E-state index contributed by atoms with van der Waals surface area (Å²) >= 11 is 3.36. The van der Waals surface area contributed by atoms with Crippen molar-refractivity contribution >= 4 is 21.8 Å². The Kier molecular flexibility index (Phi) is 4.54.